The zero-order valence-electron chi connectivity index (χ0n) is 10.3. The predicted octanol–water partition coefficient (Wildman–Crippen LogP) is 1.09. The van der Waals surface area contributed by atoms with Gasteiger partial charge in [-0.15, -0.1) is 0 Å². The number of amides is 1. The van der Waals surface area contributed by atoms with Crippen LogP contribution in [0.1, 0.15) is 10.6 Å². The predicted molar refractivity (Wildman–Crippen MR) is 71.1 cm³/mol. The van der Waals surface area contributed by atoms with Crippen LogP contribution in [0.3, 0.4) is 0 Å². The summed E-state index contributed by atoms with van der Waals surface area (Å²) in [5, 5.41) is 17.8. The lowest BCUT2D eigenvalue weighted by Crippen LogP contribution is -2.14. The summed E-state index contributed by atoms with van der Waals surface area (Å²) >= 11 is 0. The Hall–Kier alpha value is -2.72. The lowest BCUT2D eigenvalue weighted by Gasteiger charge is -2.04. The van der Waals surface area contributed by atoms with Gasteiger partial charge < -0.3 is 9.73 Å². The summed E-state index contributed by atoms with van der Waals surface area (Å²) in [5.74, 6) is -1.60. The molecule has 0 aliphatic rings. The van der Waals surface area contributed by atoms with E-state index >= 15 is 0 Å². The van der Waals surface area contributed by atoms with Crippen molar-refractivity contribution in [3.05, 3.63) is 52.3 Å². The van der Waals surface area contributed by atoms with Crippen molar-refractivity contribution in [3.63, 3.8) is 0 Å². The topological polar surface area (TPSA) is 146 Å². The summed E-state index contributed by atoms with van der Waals surface area (Å²) in [4.78, 5) is 21.3. The number of furan rings is 1. The zero-order chi connectivity index (χ0) is 15.6. The molecule has 21 heavy (non-hydrogen) atoms. The van der Waals surface area contributed by atoms with E-state index in [1.807, 2.05) is 0 Å². The van der Waals surface area contributed by atoms with Crippen LogP contribution in [0.25, 0.3) is 0 Å². The van der Waals surface area contributed by atoms with Gasteiger partial charge in [0.25, 0.3) is 5.91 Å². The van der Waals surface area contributed by atoms with Gasteiger partial charge in [0.2, 0.25) is 10.0 Å². The number of hydrogen-bond donors (Lipinski definition) is 2. The van der Waals surface area contributed by atoms with E-state index in [0.29, 0.717) is 0 Å². The Morgan fingerprint density at radius 2 is 2.00 bits per heavy atom. The SMILES string of the molecule is NS(=O)(=O)c1cccc(NC(=O)c2ccc([N+](=O)[O-])o2)c1. The van der Waals surface area contributed by atoms with Crippen molar-refractivity contribution in [1.82, 2.24) is 0 Å². The first-order valence-corrected chi connectivity index (χ1v) is 7.00. The highest BCUT2D eigenvalue weighted by molar-refractivity contribution is 7.89. The first kappa shape index (κ1) is 14.7. The molecule has 1 aromatic carbocycles. The Bertz CT molecular complexity index is 811. The molecule has 0 aliphatic heterocycles. The minimum atomic E-state index is -3.90. The standard InChI is InChI=1S/C11H9N3O6S/c12-21(18,19)8-3-1-2-7(6-8)13-11(15)9-4-5-10(20-9)14(16)17/h1-6H,(H,13,15)(H2,12,18,19). The van der Waals surface area contributed by atoms with E-state index in [0.717, 1.165) is 18.2 Å². The summed E-state index contributed by atoms with van der Waals surface area (Å²) < 4.78 is 27.1. The molecule has 0 unspecified atom stereocenters. The fourth-order valence-electron chi connectivity index (χ4n) is 1.49. The number of nitrogens with zero attached hydrogens (tertiary/aromatic N) is 1. The molecule has 0 radical (unpaired) electrons. The largest absolute Gasteiger partial charge is 0.433 e. The van der Waals surface area contributed by atoms with E-state index < -0.39 is 26.7 Å². The van der Waals surface area contributed by atoms with Crippen molar-refractivity contribution in [2.45, 2.75) is 4.90 Å². The van der Waals surface area contributed by atoms with Crippen molar-refractivity contribution in [1.29, 1.82) is 0 Å². The Morgan fingerprint density at radius 1 is 1.29 bits per heavy atom. The molecule has 0 atom stereocenters. The van der Waals surface area contributed by atoms with E-state index in [-0.39, 0.29) is 16.3 Å². The molecule has 110 valence electrons. The molecular formula is C11H9N3O6S. The highest BCUT2D eigenvalue weighted by Crippen LogP contribution is 2.18. The number of hydrogen-bond acceptors (Lipinski definition) is 6. The number of benzene rings is 1. The van der Waals surface area contributed by atoms with E-state index in [2.05, 4.69) is 5.32 Å². The number of rotatable bonds is 4. The van der Waals surface area contributed by atoms with Gasteiger partial charge in [0.05, 0.1) is 11.0 Å². The highest BCUT2D eigenvalue weighted by Gasteiger charge is 2.18. The van der Waals surface area contributed by atoms with E-state index in [9.17, 15) is 23.3 Å². The number of sulfonamides is 1. The van der Waals surface area contributed by atoms with Crippen LogP contribution in [0.2, 0.25) is 0 Å². The van der Waals surface area contributed by atoms with E-state index in [1.54, 1.807) is 0 Å². The molecule has 9 nitrogen and oxygen atoms in total. The summed E-state index contributed by atoms with van der Waals surface area (Å²) in [5.41, 5.74) is 0.158. The Kier molecular flexibility index (Phi) is 3.74. The van der Waals surface area contributed by atoms with Crippen LogP contribution in [0, 0.1) is 10.1 Å². The van der Waals surface area contributed by atoms with Gasteiger partial charge in [0.15, 0.2) is 5.76 Å². The molecule has 10 heteroatoms. The van der Waals surface area contributed by atoms with Gasteiger partial charge in [-0.1, -0.05) is 6.07 Å². The lowest BCUT2D eigenvalue weighted by atomic mass is 10.3. The minimum absolute atomic E-state index is 0.158. The Morgan fingerprint density at radius 3 is 2.57 bits per heavy atom. The minimum Gasteiger partial charge on any atom is -0.395 e. The molecule has 0 saturated carbocycles. The number of carbonyl (C=O) groups excluding carboxylic acids is 1. The van der Waals surface area contributed by atoms with Gasteiger partial charge in [-0.25, -0.2) is 13.6 Å². The molecule has 1 heterocycles. The van der Waals surface area contributed by atoms with Crippen LogP contribution < -0.4 is 10.5 Å². The molecule has 0 spiro atoms. The zero-order valence-corrected chi connectivity index (χ0v) is 11.2. The second kappa shape index (κ2) is 5.34. The average molecular weight is 311 g/mol. The number of anilines is 1. The van der Waals surface area contributed by atoms with Crippen LogP contribution in [-0.2, 0) is 10.0 Å². The fourth-order valence-corrected chi connectivity index (χ4v) is 2.05. The van der Waals surface area contributed by atoms with Crippen molar-refractivity contribution in [2.75, 3.05) is 5.32 Å². The number of primary sulfonamides is 1. The third-order valence-corrected chi connectivity index (χ3v) is 3.33. The monoisotopic (exact) mass is 311 g/mol. The third kappa shape index (κ3) is 3.43. The third-order valence-electron chi connectivity index (χ3n) is 2.42. The van der Waals surface area contributed by atoms with Gasteiger partial charge in [-0.05, 0) is 24.3 Å². The molecule has 0 aliphatic carbocycles. The molecule has 2 rings (SSSR count). The van der Waals surface area contributed by atoms with Gasteiger partial charge >= 0.3 is 5.88 Å². The van der Waals surface area contributed by atoms with Crippen molar-refractivity contribution < 1.29 is 22.6 Å². The fraction of sp³-hybridized carbons (Fsp3) is 0. The van der Waals surface area contributed by atoms with Crippen molar-refractivity contribution in [2.24, 2.45) is 5.14 Å². The van der Waals surface area contributed by atoms with Gasteiger partial charge in [-0.2, -0.15) is 0 Å². The second-order valence-electron chi connectivity index (χ2n) is 3.92. The smallest absolute Gasteiger partial charge is 0.395 e. The van der Waals surface area contributed by atoms with Crippen LogP contribution in [-0.4, -0.2) is 19.2 Å². The first-order chi connectivity index (χ1) is 9.77. The van der Waals surface area contributed by atoms with Crippen LogP contribution in [0.15, 0.2) is 45.7 Å². The van der Waals surface area contributed by atoms with Crippen LogP contribution in [0.5, 0.6) is 0 Å². The van der Waals surface area contributed by atoms with Crippen molar-refractivity contribution >= 4 is 27.5 Å². The maximum atomic E-state index is 11.8. The number of nitro groups is 1. The molecule has 1 aromatic heterocycles. The number of carbonyl (C=O) groups is 1. The Labute approximate surface area is 118 Å². The molecule has 2 aromatic rings. The maximum absolute atomic E-state index is 11.8. The second-order valence-corrected chi connectivity index (χ2v) is 5.48. The normalized spacial score (nSPS) is 11.1. The first-order valence-electron chi connectivity index (χ1n) is 5.46. The Balaban J connectivity index is 2.21. The number of nitrogens with one attached hydrogen (secondary N) is 1. The molecule has 1 amide bonds. The molecule has 0 saturated heterocycles. The summed E-state index contributed by atoms with van der Waals surface area (Å²) in [6.45, 7) is 0. The van der Waals surface area contributed by atoms with Gasteiger partial charge in [0, 0.05) is 5.69 Å². The summed E-state index contributed by atoms with van der Waals surface area (Å²) in [6, 6.07) is 7.42. The highest BCUT2D eigenvalue weighted by atomic mass is 32.2. The maximum Gasteiger partial charge on any atom is 0.433 e. The van der Waals surface area contributed by atoms with Crippen LogP contribution in [0.4, 0.5) is 11.6 Å². The molecule has 0 fully saturated rings. The quantitative estimate of drug-likeness (QED) is 0.638. The van der Waals surface area contributed by atoms with Gasteiger partial charge in [-0.3, -0.25) is 14.9 Å². The molecular weight excluding hydrogens is 302 g/mol. The molecule has 0 bridgehead atoms. The van der Waals surface area contributed by atoms with E-state index in [4.69, 9.17) is 9.56 Å². The van der Waals surface area contributed by atoms with Crippen LogP contribution >= 0.6 is 0 Å². The average Bonchev–Trinajstić information content (AvgIpc) is 2.88. The summed E-state index contributed by atoms with van der Waals surface area (Å²) in [6.07, 6.45) is 0. The summed E-state index contributed by atoms with van der Waals surface area (Å²) in [7, 11) is -3.90. The van der Waals surface area contributed by atoms with Crippen molar-refractivity contribution in [3.8, 4) is 0 Å². The lowest BCUT2D eigenvalue weighted by molar-refractivity contribution is -0.402. The van der Waals surface area contributed by atoms with E-state index in [1.165, 1.54) is 18.2 Å². The molecule has 3 N–H and O–H groups in total. The van der Waals surface area contributed by atoms with Gasteiger partial charge in [0.1, 0.15) is 4.92 Å². The number of nitrogens with two attached hydrogens (primary N) is 1.